The van der Waals surface area contributed by atoms with E-state index in [1.165, 1.54) is 24.2 Å². The number of carbonyl (C=O) groups excluding carboxylic acids is 1. The minimum Gasteiger partial charge on any atom is -0.338 e. The second kappa shape index (κ2) is 7.23. The topological polar surface area (TPSA) is 73.9 Å². The first-order valence-electron chi connectivity index (χ1n) is 8.16. The molecule has 0 aromatic carbocycles. The Morgan fingerprint density at radius 3 is 2.96 bits per heavy atom. The number of anilines is 1. The van der Waals surface area contributed by atoms with Gasteiger partial charge in [0.2, 0.25) is 0 Å². The number of piperidine rings is 1. The Hall–Kier alpha value is -1.73. The normalized spacial score (nSPS) is 16.6. The van der Waals surface area contributed by atoms with Crippen molar-refractivity contribution in [3.05, 3.63) is 28.8 Å². The number of thiazole rings is 1. The van der Waals surface area contributed by atoms with E-state index in [0.29, 0.717) is 10.8 Å². The fourth-order valence-corrected chi connectivity index (χ4v) is 3.40. The molecule has 2 aromatic heterocycles. The summed E-state index contributed by atoms with van der Waals surface area (Å²) in [4.78, 5) is 26.3. The number of nitrogens with zero attached hydrogens (tertiary/aromatic N) is 3. The Morgan fingerprint density at radius 1 is 1.48 bits per heavy atom. The number of aromatic nitrogens is 3. The van der Waals surface area contributed by atoms with Gasteiger partial charge in [-0.05, 0) is 31.8 Å². The van der Waals surface area contributed by atoms with Crippen molar-refractivity contribution < 1.29 is 4.79 Å². The zero-order valence-corrected chi connectivity index (χ0v) is 14.4. The molecule has 3 heterocycles. The van der Waals surface area contributed by atoms with Crippen LogP contribution in [0.15, 0.2) is 11.6 Å². The molecule has 0 atom stereocenters. The van der Waals surface area contributed by atoms with Crippen LogP contribution in [0.5, 0.6) is 0 Å². The van der Waals surface area contributed by atoms with Crippen molar-refractivity contribution in [3.8, 4) is 0 Å². The van der Waals surface area contributed by atoms with Crippen LogP contribution >= 0.6 is 11.3 Å². The maximum Gasteiger partial charge on any atom is 0.275 e. The molecule has 3 rings (SSSR count). The van der Waals surface area contributed by atoms with Crippen molar-refractivity contribution >= 4 is 22.4 Å². The van der Waals surface area contributed by atoms with Gasteiger partial charge in [-0.1, -0.05) is 13.8 Å². The lowest BCUT2D eigenvalue weighted by atomic mass is 9.99. The van der Waals surface area contributed by atoms with Crippen LogP contribution in [-0.4, -0.2) is 38.8 Å². The third-order valence-corrected chi connectivity index (χ3v) is 5.05. The van der Waals surface area contributed by atoms with Crippen LogP contribution in [0.2, 0.25) is 0 Å². The van der Waals surface area contributed by atoms with Crippen molar-refractivity contribution in [2.45, 2.75) is 39.7 Å². The van der Waals surface area contributed by atoms with Crippen molar-refractivity contribution in [2.24, 2.45) is 5.92 Å². The van der Waals surface area contributed by atoms with Gasteiger partial charge in [-0.25, -0.2) is 9.97 Å². The monoisotopic (exact) mass is 333 g/mol. The molecule has 1 aliphatic rings. The Kier molecular flexibility index (Phi) is 5.07. The molecular weight excluding hydrogens is 310 g/mol. The van der Waals surface area contributed by atoms with Crippen LogP contribution in [0, 0.1) is 5.92 Å². The van der Waals surface area contributed by atoms with Gasteiger partial charge in [0, 0.05) is 18.3 Å². The third kappa shape index (κ3) is 4.17. The average Bonchev–Trinajstić information content (AvgIpc) is 3.19. The minimum absolute atomic E-state index is 0.190. The van der Waals surface area contributed by atoms with E-state index < -0.39 is 0 Å². The first-order valence-corrected chi connectivity index (χ1v) is 9.04. The average molecular weight is 333 g/mol. The molecule has 1 fully saturated rings. The number of likely N-dealkylation sites (tertiary alicyclic amines) is 1. The van der Waals surface area contributed by atoms with E-state index in [4.69, 9.17) is 0 Å². The smallest absolute Gasteiger partial charge is 0.275 e. The second-order valence-corrected chi connectivity index (χ2v) is 7.01. The number of amides is 1. The predicted molar refractivity (Wildman–Crippen MR) is 91.7 cm³/mol. The van der Waals surface area contributed by atoms with Gasteiger partial charge in [-0.15, -0.1) is 11.3 Å². The fourth-order valence-electron chi connectivity index (χ4n) is 2.71. The third-order valence-electron chi connectivity index (χ3n) is 4.24. The molecule has 0 radical (unpaired) electrons. The highest BCUT2D eigenvalue weighted by Crippen LogP contribution is 2.21. The Morgan fingerprint density at radius 2 is 2.26 bits per heavy atom. The molecule has 124 valence electrons. The maximum atomic E-state index is 12.2. The molecule has 0 unspecified atom stereocenters. The van der Waals surface area contributed by atoms with Gasteiger partial charge < -0.3 is 4.98 Å². The quantitative estimate of drug-likeness (QED) is 0.882. The van der Waals surface area contributed by atoms with Gasteiger partial charge in [0.15, 0.2) is 5.13 Å². The van der Waals surface area contributed by atoms with Gasteiger partial charge in [-0.2, -0.15) is 0 Å². The highest BCUT2D eigenvalue weighted by atomic mass is 32.1. The standard InChI is InChI=1S/C16H23N5OS/c1-3-14-17-8-13(19-14)15(22)20-16-18-12(10-23-16)9-21-6-4-11(2)5-7-21/h8,10-11H,3-7,9H2,1-2H3,(H,17,19)(H,18,20,22). The fraction of sp³-hybridized carbons (Fsp3) is 0.562. The minimum atomic E-state index is -0.190. The number of aryl methyl sites for hydroxylation is 1. The lowest BCUT2D eigenvalue weighted by Crippen LogP contribution is -2.32. The highest BCUT2D eigenvalue weighted by molar-refractivity contribution is 7.13. The number of H-pyrrole nitrogens is 1. The molecule has 1 amide bonds. The SMILES string of the molecule is CCc1ncc(C(=O)Nc2nc(CN3CCC(C)CC3)cs2)[nH]1. The molecular formula is C16H23N5OS. The van der Waals surface area contributed by atoms with Crippen molar-refractivity contribution in [1.82, 2.24) is 19.9 Å². The number of hydrogen-bond donors (Lipinski definition) is 2. The van der Waals surface area contributed by atoms with Crippen LogP contribution in [0.25, 0.3) is 0 Å². The van der Waals surface area contributed by atoms with E-state index in [1.807, 2.05) is 12.3 Å². The molecule has 6 nitrogen and oxygen atoms in total. The number of aromatic amines is 1. The van der Waals surface area contributed by atoms with E-state index in [2.05, 4.69) is 32.1 Å². The summed E-state index contributed by atoms with van der Waals surface area (Å²) >= 11 is 1.47. The lowest BCUT2D eigenvalue weighted by molar-refractivity contribution is 0.102. The summed E-state index contributed by atoms with van der Waals surface area (Å²) in [5.41, 5.74) is 1.50. The zero-order valence-electron chi connectivity index (χ0n) is 13.6. The van der Waals surface area contributed by atoms with Crippen LogP contribution in [0.1, 0.15) is 48.7 Å². The molecule has 0 aliphatic carbocycles. The van der Waals surface area contributed by atoms with Gasteiger partial charge >= 0.3 is 0 Å². The first-order chi connectivity index (χ1) is 11.1. The van der Waals surface area contributed by atoms with E-state index in [1.54, 1.807) is 6.20 Å². The molecule has 0 spiro atoms. The van der Waals surface area contributed by atoms with Crippen LogP contribution in [-0.2, 0) is 13.0 Å². The molecule has 1 aliphatic heterocycles. The van der Waals surface area contributed by atoms with Gasteiger partial charge in [0.25, 0.3) is 5.91 Å². The number of hydrogen-bond acceptors (Lipinski definition) is 5. The molecule has 23 heavy (non-hydrogen) atoms. The number of rotatable bonds is 5. The van der Waals surface area contributed by atoms with E-state index in [0.717, 1.165) is 43.5 Å². The molecule has 7 heteroatoms. The summed E-state index contributed by atoms with van der Waals surface area (Å²) in [5.74, 6) is 1.46. The lowest BCUT2D eigenvalue weighted by Gasteiger charge is -2.29. The highest BCUT2D eigenvalue weighted by Gasteiger charge is 2.17. The van der Waals surface area contributed by atoms with E-state index >= 15 is 0 Å². The predicted octanol–water partition coefficient (Wildman–Crippen LogP) is 2.91. The number of carbonyl (C=O) groups is 1. The largest absolute Gasteiger partial charge is 0.338 e. The van der Waals surface area contributed by atoms with Gasteiger partial charge in [0.05, 0.1) is 11.9 Å². The van der Waals surface area contributed by atoms with Crippen LogP contribution < -0.4 is 5.32 Å². The number of nitrogens with one attached hydrogen (secondary N) is 2. The second-order valence-electron chi connectivity index (χ2n) is 6.15. The summed E-state index contributed by atoms with van der Waals surface area (Å²) < 4.78 is 0. The van der Waals surface area contributed by atoms with Crippen LogP contribution in [0.3, 0.4) is 0 Å². The Bertz CT molecular complexity index is 657. The van der Waals surface area contributed by atoms with Crippen LogP contribution in [0.4, 0.5) is 5.13 Å². The maximum absolute atomic E-state index is 12.2. The summed E-state index contributed by atoms with van der Waals surface area (Å²) in [6, 6.07) is 0. The Labute approximate surface area is 140 Å². The molecule has 2 N–H and O–H groups in total. The van der Waals surface area contributed by atoms with E-state index in [9.17, 15) is 4.79 Å². The molecule has 1 saturated heterocycles. The van der Waals surface area contributed by atoms with Crippen molar-refractivity contribution in [1.29, 1.82) is 0 Å². The summed E-state index contributed by atoms with van der Waals surface area (Å²) in [5, 5.41) is 5.51. The molecule has 2 aromatic rings. The van der Waals surface area contributed by atoms with Crippen molar-refractivity contribution in [2.75, 3.05) is 18.4 Å². The van der Waals surface area contributed by atoms with Crippen molar-refractivity contribution in [3.63, 3.8) is 0 Å². The van der Waals surface area contributed by atoms with E-state index in [-0.39, 0.29) is 5.91 Å². The van der Waals surface area contributed by atoms with Gasteiger partial charge in [-0.3, -0.25) is 15.0 Å². The molecule has 0 saturated carbocycles. The molecule has 0 bridgehead atoms. The zero-order chi connectivity index (χ0) is 16.2. The Balaban J connectivity index is 1.55. The summed E-state index contributed by atoms with van der Waals surface area (Å²) in [6.07, 6.45) is 4.86. The first kappa shape index (κ1) is 16.1. The summed E-state index contributed by atoms with van der Waals surface area (Å²) in [7, 11) is 0. The number of imidazole rings is 1. The van der Waals surface area contributed by atoms with Gasteiger partial charge in [0.1, 0.15) is 11.5 Å². The summed E-state index contributed by atoms with van der Waals surface area (Å²) in [6.45, 7) is 7.44.